The molecule has 0 bridgehead atoms. The predicted molar refractivity (Wildman–Crippen MR) is 79.2 cm³/mol. The molecule has 0 unspecified atom stereocenters. The Bertz CT molecular complexity index is 667. The minimum absolute atomic E-state index is 0.109. The van der Waals surface area contributed by atoms with Gasteiger partial charge in [0.2, 0.25) is 10.0 Å². The summed E-state index contributed by atoms with van der Waals surface area (Å²) in [5.41, 5.74) is 7.21. The molecule has 108 valence electrons. The zero-order chi connectivity index (χ0) is 14.6. The highest BCUT2D eigenvalue weighted by atomic mass is 32.2. The fraction of sp³-hybridized carbons (Fsp3) is 0.231. The van der Waals surface area contributed by atoms with E-state index in [1.807, 2.05) is 16.8 Å². The number of methoxy groups -OCH3 is 1. The van der Waals surface area contributed by atoms with Crippen LogP contribution < -0.4 is 15.2 Å². The molecule has 1 aromatic carbocycles. The third kappa shape index (κ3) is 3.37. The lowest BCUT2D eigenvalue weighted by molar-refractivity contribution is 0.402. The monoisotopic (exact) mass is 312 g/mol. The molecule has 7 heteroatoms. The third-order valence-electron chi connectivity index (χ3n) is 2.80. The maximum atomic E-state index is 12.3. The first kappa shape index (κ1) is 15.0. The molecule has 0 amide bonds. The highest BCUT2D eigenvalue weighted by molar-refractivity contribution is 7.89. The van der Waals surface area contributed by atoms with E-state index in [0.717, 1.165) is 11.1 Å². The third-order valence-corrected chi connectivity index (χ3v) is 4.95. The first-order chi connectivity index (χ1) is 9.56. The van der Waals surface area contributed by atoms with E-state index in [2.05, 4.69) is 4.72 Å². The molecule has 0 aliphatic heterocycles. The highest BCUT2D eigenvalue weighted by Gasteiger charge is 2.19. The fourth-order valence-corrected chi connectivity index (χ4v) is 3.61. The lowest BCUT2D eigenvalue weighted by Gasteiger charge is -2.11. The van der Waals surface area contributed by atoms with Crippen LogP contribution in [0.2, 0.25) is 0 Å². The van der Waals surface area contributed by atoms with Gasteiger partial charge in [-0.25, -0.2) is 13.1 Å². The van der Waals surface area contributed by atoms with Gasteiger partial charge in [0.25, 0.3) is 0 Å². The van der Waals surface area contributed by atoms with Crippen LogP contribution in [0.15, 0.2) is 39.9 Å². The van der Waals surface area contributed by atoms with Crippen molar-refractivity contribution < 1.29 is 13.2 Å². The van der Waals surface area contributed by atoms with E-state index in [0.29, 0.717) is 5.75 Å². The lowest BCUT2D eigenvalue weighted by atomic mass is 10.2. The number of hydrogen-bond acceptors (Lipinski definition) is 5. The molecule has 1 aromatic heterocycles. The first-order valence-electron chi connectivity index (χ1n) is 5.94. The summed E-state index contributed by atoms with van der Waals surface area (Å²) >= 11 is 1.52. The Hall–Kier alpha value is -1.41. The Labute approximate surface area is 122 Å². The lowest BCUT2D eigenvalue weighted by Crippen LogP contribution is -2.23. The molecule has 0 fully saturated rings. The normalized spacial score (nSPS) is 11.5. The quantitative estimate of drug-likeness (QED) is 0.850. The van der Waals surface area contributed by atoms with Crippen LogP contribution in [0.25, 0.3) is 0 Å². The first-order valence-corrected chi connectivity index (χ1v) is 8.37. The Morgan fingerprint density at radius 1 is 1.30 bits per heavy atom. The van der Waals surface area contributed by atoms with Crippen LogP contribution in [0.3, 0.4) is 0 Å². The second kappa shape index (κ2) is 6.36. The Morgan fingerprint density at radius 3 is 2.70 bits per heavy atom. The van der Waals surface area contributed by atoms with Gasteiger partial charge in [0, 0.05) is 13.1 Å². The van der Waals surface area contributed by atoms with E-state index in [4.69, 9.17) is 10.5 Å². The van der Waals surface area contributed by atoms with Crippen LogP contribution >= 0.6 is 11.3 Å². The van der Waals surface area contributed by atoms with Gasteiger partial charge in [-0.1, -0.05) is 6.07 Å². The molecule has 3 N–H and O–H groups in total. The van der Waals surface area contributed by atoms with Gasteiger partial charge >= 0.3 is 0 Å². The minimum Gasteiger partial charge on any atom is -0.495 e. The maximum absolute atomic E-state index is 12.3. The van der Waals surface area contributed by atoms with Crippen LogP contribution in [0.5, 0.6) is 5.75 Å². The molecular weight excluding hydrogens is 296 g/mol. The standard InChI is InChI=1S/C13H16N2O3S2/c1-18-12-3-2-10(7-14)6-13(12)20(16,17)15-8-11-4-5-19-9-11/h2-6,9,15H,7-8,14H2,1H3. The van der Waals surface area contributed by atoms with Crippen LogP contribution in [-0.2, 0) is 23.1 Å². The summed E-state index contributed by atoms with van der Waals surface area (Å²) in [6, 6.07) is 6.77. The van der Waals surface area contributed by atoms with Gasteiger partial charge in [-0.15, -0.1) is 0 Å². The number of nitrogens with two attached hydrogens (primary N) is 1. The average molecular weight is 312 g/mol. The average Bonchev–Trinajstić information content (AvgIpc) is 2.98. The van der Waals surface area contributed by atoms with Crippen LogP contribution in [0, 0.1) is 0 Å². The molecule has 0 radical (unpaired) electrons. The van der Waals surface area contributed by atoms with E-state index in [9.17, 15) is 8.42 Å². The zero-order valence-electron chi connectivity index (χ0n) is 11.0. The largest absolute Gasteiger partial charge is 0.495 e. The summed E-state index contributed by atoms with van der Waals surface area (Å²) in [4.78, 5) is 0.109. The topological polar surface area (TPSA) is 81.4 Å². The second-order valence-electron chi connectivity index (χ2n) is 4.15. The Balaban J connectivity index is 2.28. The van der Waals surface area contributed by atoms with Gasteiger partial charge in [-0.2, -0.15) is 11.3 Å². The number of sulfonamides is 1. The van der Waals surface area contributed by atoms with E-state index >= 15 is 0 Å². The molecular formula is C13H16N2O3S2. The Morgan fingerprint density at radius 2 is 2.10 bits per heavy atom. The van der Waals surface area contributed by atoms with Crippen molar-refractivity contribution in [3.63, 3.8) is 0 Å². The van der Waals surface area contributed by atoms with Gasteiger partial charge in [0.15, 0.2) is 0 Å². The molecule has 2 aromatic rings. The smallest absolute Gasteiger partial charge is 0.244 e. The maximum Gasteiger partial charge on any atom is 0.244 e. The second-order valence-corrected chi connectivity index (χ2v) is 6.66. The molecule has 20 heavy (non-hydrogen) atoms. The van der Waals surface area contributed by atoms with E-state index in [1.54, 1.807) is 12.1 Å². The van der Waals surface area contributed by atoms with Gasteiger partial charge in [-0.3, -0.25) is 0 Å². The summed E-state index contributed by atoms with van der Waals surface area (Å²) in [7, 11) is -2.20. The summed E-state index contributed by atoms with van der Waals surface area (Å²) in [5.74, 6) is 0.306. The zero-order valence-corrected chi connectivity index (χ0v) is 12.6. The van der Waals surface area contributed by atoms with Crippen LogP contribution in [-0.4, -0.2) is 15.5 Å². The van der Waals surface area contributed by atoms with Crippen molar-refractivity contribution in [1.82, 2.24) is 4.72 Å². The van der Waals surface area contributed by atoms with Gasteiger partial charge in [0.05, 0.1) is 7.11 Å². The molecule has 0 aliphatic rings. The van der Waals surface area contributed by atoms with Gasteiger partial charge in [-0.05, 0) is 40.1 Å². The molecule has 1 heterocycles. The number of thiophene rings is 1. The van der Waals surface area contributed by atoms with Crippen LogP contribution in [0.4, 0.5) is 0 Å². The van der Waals surface area contributed by atoms with Crippen LogP contribution in [0.1, 0.15) is 11.1 Å². The van der Waals surface area contributed by atoms with Crippen molar-refractivity contribution in [2.75, 3.05) is 7.11 Å². The van der Waals surface area contributed by atoms with Crippen molar-refractivity contribution in [3.05, 3.63) is 46.2 Å². The van der Waals surface area contributed by atoms with Crippen molar-refractivity contribution in [2.45, 2.75) is 18.0 Å². The van der Waals surface area contributed by atoms with Gasteiger partial charge in [0.1, 0.15) is 10.6 Å². The fourth-order valence-electron chi connectivity index (χ4n) is 1.71. The molecule has 0 spiro atoms. The van der Waals surface area contributed by atoms with E-state index in [1.165, 1.54) is 24.5 Å². The van der Waals surface area contributed by atoms with Crippen molar-refractivity contribution in [2.24, 2.45) is 5.73 Å². The molecule has 0 saturated carbocycles. The predicted octanol–water partition coefficient (Wildman–Crippen LogP) is 1.69. The van der Waals surface area contributed by atoms with E-state index in [-0.39, 0.29) is 18.0 Å². The molecule has 5 nitrogen and oxygen atoms in total. The number of ether oxygens (including phenoxy) is 1. The molecule has 0 atom stereocenters. The van der Waals surface area contributed by atoms with Gasteiger partial charge < -0.3 is 10.5 Å². The van der Waals surface area contributed by atoms with Crippen molar-refractivity contribution in [1.29, 1.82) is 0 Å². The molecule has 0 saturated heterocycles. The number of hydrogen-bond donors (Lipinski definition) is 2. The summed E-state index contributed by atoms with van der Waals surface area (Å²) in [5, 5.41) is 3.80. The number of rotatable bonds is 6. The minimum atomic E-state index is -3.64. The molecule has 2 rings (SSSR count). The number of nitrogens with one attached hydrogen (secondary N) is 1. The van der Waals surface area contributed by atoms with Crippen molar-refractivity contribution >= 4 is 21.4 Å². The van der Waals surface area contributed by atoms with Crippen molar-refractivity contribution in [3.8, 4) is 5.75 Å². The number of benzene rings is 1. The SMILES string of the molecule is COc1ccc(CN)cc1S(=O)(=O)NCc1ccsc1. The Kier molecular flexibility index (Phi) is 4.77. The highest BCUT2D eigenvalue weighted by Crippen LogP contribution is 2.25. The summed E-state index contributed by atoms with van der Waals surface area (Å²) in [6.07, 6.45) is 0. The molecule has 0 aliphatic carbocycles. The van der Waals surface area contributed by atoms with E-state index < -0.39 is 10.0 Å². The summed E-state index contributed by atoms with van der Waals surface area (Å²) in [6.45, 7) is 0.527. The summed E-state index contributed by atoms with van der Waals surface area (Å²) < 4.78 is 32.4.